The van der Waals surface area contributed by atoms with Crippen molar-refractivity contribution >= 4 is 5.91 Å². The SMILES string of the molecule is CCCCCCCCCCNC(=O)CCCCN. The van der Waals surface area contributed by atoms with E-state index in [4.69, 9.17) is 5.73 Å². The van der Waals surface area contributed by atoms with Gasteiger partial charge in [0.25, 0.3) is 0 Å². The number of unbranched alkanes of at least 4 members (excludes halogenated alkanes) is 8. The molecule has 0 atom stereocenters. The van der Waals surface area contributed by atoms with E-state index in [9.17, 15) is 4.79 Å². The van der Waals surface area contributed by atoms with Crippen LogP contribution < -0.4 is 11.1 Å². The maximum atomic E-state index is 11.4. The van der Waals surface area contributed by atoms with Gasteiger partial charge in [0.05, 0.1) is 0 Å². The van der Waals surface area contributed by atoms with Crippen LogP contribution in [0.3, 0.4) is 0 Å². The molecule has 0 aliphatic rings. The van der Waals surface area contributed by atoms with Crippen molar-refractivity contribution in [3.8, 4) is 0 Å². The highest BCUT2D eigenvalue weighted by Crippen LogP contribution is 2.07. The summed E-state index contributed by atoms with van der Waals surface area (Å²) in [5.74, 6) is 0.186. The maximum Gasteiger partial charge on any atom is 0.219 e. The Hall–Kier alpha value is -0.570. The summed E-state index contributed by atoms with van der Waals surface area (Å²) < 4.78 is 0. The lowest BCUT2D eigenvalue weighted by Gasteiger charge is -2.05. The van der Waals surface area contributed by atoms with Gasteiger partial charge in [0, 0.05) is 13.0 Å². The first kappa shape index (κ1) is 17.4. The van der Waals surface area contributed by atoms with E-state index in [2.05, 4.69) is 12.2 Å². The van der Waals surface area contributed by atoms with Gasteiger partial charge in [0.15, 0.2) is 0 Å². The van der Waals surface area contributed by atoms with Crippen LogP contribution in [0.1, 0.15) is 77.6 Å². The number of nitrogens with one attached hydrogen (secondary N) is 1. The molecule has 1 amide bonds. The zero-order valence-corrected chi connectivity index (χ0v) is 12.2. The van der Waals surface area contributed by atoms with E-state index in [1.807, 2.05) is 0 Å². The van der Waals surface area contributed by atoms with Gasteiger partial charge in [-0.25, -0.2) is 0 Å². The van der Waals surface area contributed by atoms with Gasteiger partial charge in [-0.15, -0.1) is 0 Å². The van der Waals surface area contributed by atoms with Gasteiger partial charge < -0.3 is 11.1 Å². The fraction of sp³-hybridized carbons (Fsp3) is 0.933. The van der Waals surface area contributed by atoms with Gasteiger partial charge >= 0.3 is 0 Å². The molecule has 0 spiro atoms. The maximum absolute atomic E-state index is 11.4. The summed E-state index contributed by atoms with van der Waals surface area (Å²) in [6, 6.07) is 0. The van der Waals surface area contributed by atoms with Crippen molar-refractivity contribution < 1.29 is 4.79 Å². The molecule has 0 aromatic rings. The van der Waals surface area contributed by atoms with E-state index in [-0.39, 0.29) is 5.91 Å². The minimum atomic E-state index is 0.186. The van der Waals surface area contributed by atoms with E-state index in [0.29, 0.717) is 13.0 Å². The number of hydrogen-bond acceptors (Lipinski definition) is 2. The molecule has 0 bridgehead atoms. The van der Waals surface area contributed by atoms with Crippen molar-refractivity contribution in [1.82, 2.24) is 5.32 Å². The Balaban J connectivity index is 3.08. The molecule has 0 aromatic heterocycles. The summed E-state index contributed by atoms with van der Waals surface area (Å²) in [5.41, 5.74) is 5.38. The van der Waals surface area contributed by atoms with E-state index in [0.717, 1.165) is 25.8 Å². The summed E-state index contributed by atoms with van der Waals surface area (Å²) in [7, 11) is 0. The van der Waals surface area contributed by atoms with Gasteiger partial charge in [-0.1, -0.05) is 51.9 Å². The van der Waals surface area contributed by atoms with Crippen LogP contribution >= 0.6 is 0 Å². The summed E-state index contributed by atoms with van der Waals surface area (Å²) in [6.45, 7) is 3.78. The van der Waals surface area contributed by atoms with Gasteiger partial charge in [0.1, 0.15) is 0 Å². The van der Waals surface area contributed by atoms with E-state index < -0.39 is 0 Å². The van der Waals surface area contributed by atoms with Crippen molar-refractivity contribution in [1.29, 1.82) is 0 Å². The normalized spacial score (nSPS) is 10.6. The van der Waals surface area contributed by atoms with Crippen molar-refractivity contribution in [2.24, 2.45) is 5.73 Å². The van der Waals surface area contributed by atoms with Crippen LogP contribution in [-0.2, 0) is 4.79 Å². The first-order valence-corrected chi connectivity index (χ1v) is 7.78. The van der Waals surface area contributed by atoms with Gasteiger partial charge in [-0.3, -0.25) is 4.79 Å². The second-order valence-electron chi connectivity index (χ2n) is 5.07. The largest absolute Gasteiger partial charge is 0.356 e. The highest BCUT2D eigenvalue weighted by atomic mass is 16.1. The lowest BCUT2D eigenvalue weighted by molar-refractivity contribution is -0.121. The van der Waals surface area contributed by atoms with Crippen LogP contribution in [0.25, 0.3) is 0 Å². The van der Waals surface area contributed by atoms with Gasteiger partial charge in [-0.2, -0.15) is 0 Å². The summed E-state index contributed by atoms with van der Waals surface area (Å²) in [4.78, 5) is 11.4. The third-order valence-electron chi connectivity index (χ3n) is 3.21. The zero-order valence-electron chi connectivity index (χ0n) is 12.2. The van der Waals surface area contributed by atoms with Gasteiger partial charge in [-0.05, 0) is 25.8 Å². The molecule has 0 radical (unpaired) electrons. The Labute approximate surface area is 113 Å². The topological polar surface area (TPSA) is 55.1 Å². The first-order chi connectivity index (χ1) is 8.81. The minimum Gasteiger partial charge on any atom is -0.356 e. The third kappa shape index (κ3) is 13.5. The molecular weight excluding hydrogens is 224 g/mol. The summed E-state index contributed by atoms with van der Waals surface area (Å²) in [5, 5.41) is 2.97. The quantitative estimate of drug-likeness (QED) is 0.496. The molecular formula is C15H32N2O. The summed E-state index contributed by atoms with van der Waals surface area (Å²) in [6.07, 6.45) is 13.0. The van der Waals surface area contributed by atoms with E-state index in [1.165, 1.54) is 44.9 Å². The Bertz CT molecular complexity index is 183. The Morgan fingerprint density at radius 3 is 2.11 bits per heavy atom. The van der Waals surface area contributed by atoms with Crippen molar-refractivity contribution in [2.45, 2.75) is 77.6 Å². The lowest BCUT2D eigenvalue weighted by Crippen LogP contribution is -2.24. The molecule has 0 rings (SSSR count). The molecule has 3 N–H and O–H groups in total. The van der Waals surface area contributed by atoms with E-state index >= 15 is 0 Å². The molecule has 0 heterocycles. The van der Waals surface area contributed by atoms with Crippen LogP contribution in [0.15, 0.2) is 0 Å². The van der Waals surface area contributed by atoms with E-state index in [1.54, 1.807) is 0 Å². The molecule has 0 fully saturated rings. The predicted molar refractivity (Wildman–Crippen MR) is 78.5 cm³/mol. The summed E-state index contributed by atoms with van der Waals surface area (Å²) >= 11 is 0. The van der Waals surface area contributed by atoms with Crippen LogP contribution in [0, 0.1) is 0 Å². The smallest absolute Gasteiger partial charge is 0.219 e. The molecule has 0 saturated heterocycles. The molecule has 0 aliphatic heterocycles. The fourth-order valence-electron chi connectivity index (χ4n) is 2.00. The second kappa shape index (κ2) is 14.5. The molecule has 0 unspecified atom stereocenters. The Morgan fingerprint density at radius 2 is 1.50 bits per heavy atom. The number of hydrogen-bond donors (Lipinski definition) is 2. The van der Waals surface area contributed by atoms with Crippen LogP contribution in [0.2, 0.25) is 0 Å². The number of carbonyl (C=O) groups is 1. The number of nitrogens with two attached hydrogens (primary N) is 1. The Kier molecular flexibility index (Phi) is 14.0. The van der Waals surface area contributed by atoms with Crippen LogP contribution in [0.5, 0.6) is 0 Å². The standard InChI is InChI=1S/C15H32N2O/c1-2-3-4-5-6-7-8-11-14-17-15(18)12-9-10-13-16/h2-14,16H2,1H3,(H,17,18). The third-order valence-corrected chi connectivity index (χ3v) is 3.21. The van der Waals surface area contributed by atoms with Crippen LogP contribution in [0.4, 0.5) is 0 Å². The lowest BCUT2D eigenvalue weighted by atomic mass is 10.1. The highest BCUT2D eigenvalue weighted by Gasteiger charge is 1.99. The van der Waals surface area contributed by atoms with Crippen molar-refractivity contribution in [3.05, 3.63) is 0 Å². The fourth-order valence-corrected chi connectivity index (χ4v) is 2.00. The average Bonchev–Trinajstić information content (AvgIpc) is 2.37. The molecule has 3 heteroatoms. The minimum absolute atomic E-state index is 0.186. The second-order valence-corrected chi connectivity index (χ2v) is 5.07. The predicted octanol–water partition coefficient (Wildman–Crippen LogP) is 3.37. The number of amides is 1. The van der Waals surface area contributed by atoms with Gasteiger partial charge in [0.2, 0.25) is 5.91 Å². The zero-order chi connectivity index (χ0) is 13.5. The van der Waals surface area contributed by atoms with Crippen molar-refractivity contribution in [2.75, 3.05) is 13.1 Å². The highest BCUT2D eigenvalue weighted by molar-refractivity contribution is 5.75. The number of rotatable bonds is 13. The average molecular weight is 256 g/mol. The molecule has 0 aliphatic carbocycles. The molecule has 0 saturated carbocycles. The molecule has 3 nitrogen and oxygen atoms in total. The molecule has 0 aromatic carbocycles. The Morgan fingerprint density at radius 1 is 0.889 bits per heavy atom. The first-order valence-electron chi connectivity index (χ1n) is 7.78. The van der Waals surface area contributed by atoms with Crippen molar-refractivity contribution in [3.63, 3.8) is 0 Å². The van der Waals surface area contributed by atoms with Crippen LogP contribution in [-0.4, -0.2) is 19.0 Å². The molecule has 108 valence electrons. The molecule has 18 heavy (non-hydrogen) atoms. The monoisotopic (exact) mass is 256 g/mol. The number of carbonyl (C=O) groups excluding carboxylic acids is 1.